The van der Waals surface area contributed by atoms with E-state index in [9.17, 15) is 9.59 Å². The Bertz CT molecular complexity index is 279. The predicted molar refractivity (Wildman–Crippen MR) is 90.8 cm³/mol. The molecule has 0 rings (SSSR count). The van der Waals surface area contributed by atoms with Gasteiger partial charge in [0.2, 0.25) is 0 Å². The summed E-state index contributed by atoms with van der Waals surface area (Å²) in [5, 5.41) is 8.11. The van der Waals surface area contributed by atoms with Gasteiger partial charge in [-0.15, -0.1) is 0 Å². The summed E-state index contributed by atoms with van der Waals surface area (Å²) in [5.74, 6) is -0.910. The van der Waals surface area contributed by atoms with Crippen molar-refractivity contribution in [2.75, 3.05) is 0 Å². The van der Waals surface area contributed by atoms with Gasteiger partial charge in [-0.1, -0.05) is 82.9 Å². The summed E-state index contributed by atoms with van der Waals surface area (Å²) in [4.78, 5) is 22.1. The van der Waals surface area contributed by atoms with Crippen molar-refractivity contribution in [2.24, 2.45) is 0 Å². The van der Waals surface area contributed by atoms with Crippen LogP contribution in [-0.4, -0.2) is 21.4 Å². The minimum atomic E-state index is -0.910. The van der Waals surface area contributed by atoms with Gasteiger partial charge >= 0.3 is 5.97 Å². The number of carboxylic acids is 1. The van der Waals surface area contributed by atoms with Gasteiger partial charge in [0.05, 0.1) is 0 Å². The van der Waals surface area contributed by atoms with Crippen LogP contribution in [0.25, 0.3) is 0 Å². The predicted octanol–water partition coefficient (Wildman–Crippen LogP) is 5.42. The molecule has 0 amide bonds. The smallest absolute Gasteiger partial charge is 0.316 e. The largest absolute Gasteiger partial charge is 0.480 e. The van der Waals surface area contributed by atoms with Crippen molar-refractivity contribution in [3.05, 3.63) is 0 Å². The second kappa shape index (κ2) is 14.4. The minimum absolute atomic E-state index is 0.0147. The second-order valence-corrected chi connectivity index (χ2v) is 7.15. The van der Waals surface area contributed by atoms with Crippen LogP contribution in [0.3, 0.4) is 0 Å². The molecule has 1 unspecified atom stereocenters. The normalized spacial score (nSPS) is 12.3. The van der Waals surface area contributed by atoms with Gasteiger partial charge in [0.25, 0.3) is 0 Å². The molecule has 0 aromatic rings. The number of carbonyl (C=O) groups excluding carboxylic acids is 1. The fourth-order valence-corrected chi connectivity index (χ4v) is 3.00. The molecule has 0 saturated carbocycles. The molecule has 21 heavy (non-hydrogen) atoms. The van der Waals surface area contributed by atoms with Crippen LogP contribution in [0.15, 0.2) is 0 Å². The van der Waals surface area contributed by atoms with Crippen molar-refractivity contribution in [3.63, 3.8) is 0 Å². The summed E-state index contributed by atoms with van der Waals surface area (Å²) in [6.45, 7) is 3.80. The molecule has 0 aliphatic heterocycles. The summed E-state index contributed by atoms with van der Waals surface area (Å²) in [6, 6.07) is 0. The van der Waals surface area contributed by atoms with Gasteiger partial charge in [0.15, 0.2) is 5.12 Å². The van der Waals surface area contributed by atoms with Gasteiger partial charge in [-0.25, -0.2) is 0 Å². The van der Waals surface area contributed by atoms with Gasteiger partial charge < -0.3 is 5.11 Å². The van der Waals surface area contributed by atoms with Crippen molar-refractivity contribution in [1.29, 1.82) is 0 Å². The standard InChI is InChI=1S/C17H32O3S/c1-3-4-5-6-7-8-9-10-11-12-13-14-16(18)21-15(2)17(19)20/h15H,3-14H2,1-2H3,(H,19,20). The highest BCUT2D eigenvalue weighted by molar-refractivity contribution is 8.14. The highest BCUT2D eigenvalue weighted by atomic mass is 32.2. The Hall–Kier alpha value is -0.510. The lowest BCUT2D eigenvalue weighted by atomic mass is 10.1. The first-order valence-corrected chi connectivity index (χ1v) is 9.38. The van der Waals surface area contributed by atoms with E-state index >= 15 is 0 Å². The van der Waals surface area contributed by atoms with Gasteiger partial charge in [-0.05, 0) is 13.3 Å². The van der Waals surface area contributed by atoms with Crippen molar-refractivity contribution < 1.29 is 14.7 Å². The maximum atomic E-state index is 11.5. The van der Waals surface area contributed by atoms with E-state index in [4.69, 9.17) is 5.11 Å². The quantitative estimate of drug-likeness (QED) is 0.435. The van der Waals surface area contributed by atoms with Crippen molar-refractivity contribution in [3.8, 4) is 0 Å². The van der Waals surface area contributed by atoms with Crippen molar-refractivity contribution >= 4 is 22.8 Å². The Kier molecular flexibility index (Phi) is 14.1. The topological polar surface area (TPSA) is 54.4 Å². The van der Waals surface area contributed by atoms with Gasteiger partial charge in [0, 0.05) is 6.42 Å². The monoisotopic (exact) mass is 316 g/mol. The number of carbonyl (C=O) groups is 2. The average Bonchev–Trinajstić information content (AvgIpc) is 2.44. The van der Waals surface area contributed by atoms with Crippen LogP contribution >= 0.6 is 11.8 Å². The van der Waals surface area contributed by atoms with E-state index < -0.39 is 11.2 Å². The molecule has 0 radical (unpaired) electrons. The molecule has 124 valence electrons. The summed E-state index contributed by atoms with van der Waals surface area (Å²) in [7, 11) is 0. The van der Waals surface area contributed by atoms with Gasteiger partial charge in [0.1, 0.15) is 5.25 Å². The van der Waals surface area contributed by atoms with E-state index in [2.05, 4.69) is 6.92 Å². The maximum absolute atomic E-state index is 11.5. The van der Waals surface area contributed by atoms with Crippen molar-refractivity contribution in [2.45, 2.75) is 96.1 Å². The molecule has 1 atom stereocenters. The molecule has 0 heterocycles. The van der Waals surface area contributed by atoms with E-state index in [1.807, 2.05) is 0 Å². The molecule has 4 heteroatoms. The Morgan fingerprint density at radius 2 is 1.29 bits per heavy atom. The summed E-state index contributed by atoms with van der Waals surface area (Å²) >= 11 is 0.951. The molecule has 0 aromatic carbocycles. The summed E-state index contributed by atoms with van der Waals surface area (Å²) < 4.78 is 0. The van der Waals surface area contributed by atoms with E-state index in [1.54, 1.807) is 6.92 Å². The maximum Gasteiger partial charge on any atom is 0.316 e. The Labute approximate surface area is 134 Å². The number of unbranched alkanes of at least 4 members (excludes halogenated alkanes) is 10. The summed E-state index contributed by atoms with van der Waals surface area (Å²) in [6.07, 6.45) is 14.4. The summed E-state index contributed by atoms with van der Waals surface area (Å²) in [5.41, 5.74) is 0. The van der Waals surface area contributed by atoms with Crippen LogP contribution < -0.4 is 0 Å². The molecule has 0 saturated heterocycles. The third kappa shape index (κ3) is 14.2. The van der Waals surface area contributed by atoms with Crippen molar-refractivity contribution in [1.82, 2.24) is 0 Å². The molecule has 0 aliphatic rings. The first-order valence-electron chi connectivity index (χ1n) is 8.50. The van der Waals surface area contributed by atoms with Crippen LogP contribution in [0, 0.1) is 0 Å². The van der Waals surface area contributed by atoms with Crippen LogP contribution in [-0.2, 0) is 9.59 Å². The fourth-order valence-electron chi connectivity index (χ4n) is 2.24. The molecule has 0 fully saturated rings. The van der Waals surface area contributed by atoms with Crippen LogP contribution in [0.2, 0.25) is 0 Å². The fraction of sp³-hybridized carbons (Fsp3) is 0.882. The highest BCUT2D eigenvalue weighted by Crippen LogP contribution is 2.17. The highest BCUT2D eigenvalue weighted by Gasteiger charge is 2.15. The molecule has 3 nitrogen and oxygen atoms in total. The molecular formula is C17H32O3S. The zero-order chi connectivity index (χ0) is 15.9. The van der Waals surface area contributed by atoms with Gasteiger partial charge in [-0.3, -0.25) is 9.59 Å². The Morgan fingerprint density at radius 1 is 0.857 bits per heavy atom. The third-order valence-electron chi connectivity index (χ3n) is 3.64. The molecule has 1 N–H and O–H groups in total. The van der Waals surface area contributed by atoms with E-state index in [0.29, 0.717) is 6.42 Å². The zero-order valence-electron chi connectivity index (χ0n) is 13.7. The lowest BCUT2D eigenvalue weighted by Gasteiger charge is -2.05. The number of aliphatic carboxylic acids is 1. The SMILES string of the molecule is CCCCCCCCCCCCCC(=O)SC(C)C(=O)O. The zero-order valence-corrected chi connectivity index (χ0v) is 14.6. The second-order valence-electron chi connectivity index (χ2n) is 5.76. The number of rotatable bonds is 14. The Morgan fingerprint density at radius 3 is 1.71 bits per heavy atom. The lowest BCUT2D eigenvalue weighted by Crippen LogP contribution is -2.14. The van der Waals surface area contributed by atoms with Gasteiger partial charge in [-0.2, -0.15) is 0 Å². The first-order chi connectivity index (χ1) is 10.1. The van der Waals surface area contributed by atoms with Crippen LogP contribution in [0.1, 0.15) is 90.9 Å². The molecule has 0 bridgehead atoms. The average molecular weight is 317 g/mol. The number of hydrogen-bond acceptors (Lipinski definition) is 3. The molecule has 0 spiro atoms. The number of hydrogen-bond donors (Lipinski definition) is 1. The molecule has 0 aromatic heterocycles. The van der Waals surface area contributed by atoms with Crippen LogP contribution in [0.5, 0.6) is 0 Å². The third-order valence-corrected chi connectivity index (χ3v) is 4.66. The van der Waals surface area contributed by atoms with E-state index in [1.165, 1.54) is 57.8 Å². The van der Waals surface area contributed by atoms with E-state index in [0.717, 1.165) is 24.6 Å². The van der Waals surface area contributed by atoms with Crippen LogP contribution in [0.4, 0.5) is 0 Å². The number of thioether (sulfide) groups is 1. The minimum Gasteiger partial charge on any atom is -0.480 e. The molecule has 0 aliphatic carbocycles. The Balaban J connectivity index is 3.25. The first kappa shape index (κ1) is 20.5. The number of carboxylic acid groups (broad SMARTS) is 1. The molecular weight excluding hydrogens is 284 g/mol. The lowest BCUT2D eigenvalue weighted by molar-refractivity contribution is -0.136. The van der Waals surface area contributed by atoms with E-state index in [-0.39, 0.29) is 5.12 Å².